The summed E-state index contributed by atoms with van der Waals surface area (Å²) in [5.41, 5.74) is 2.95. The average molecular weight is 427 g/mol. The summed E-state index contributed by atoms with van der Waals surface area (Å²) in [5, 5.41) is 3.44. The monoisotopic (exact) mass is 426 g/mol. The van der Waals surface area contributed by atoms with E-state index in [4.69, 9.17) is 4.74 Å². The number of methoxy groups -OCH3 is 1. The molecule has 1 aliphatic rings. The maximum absolute atomic E-state index is 12.9. The first-order valence-corrected chi connectivity index (χ1v) is 9.55. The standard InChI is InChI=1S/C21H19BrN2O3/c1-12-7-14-8-15(22)9-17-19(14)24(12)11-18(20(17)25)21(26)23-10-13-3-5-16(27-2)6-4-13/h3-6,8-9,11-12H,7,10H2,1-2H3,(H,23,26)/t12-/m1/s1. The molecule has 2 aromatic carbocycles. The Labute approximate surface area is 165 Å². The van der Waals surface area contributed by atoms with Crippen molar-refractivity contribution in [2.24, 2.45) is 0 Å². The highest BCUT2D eigenvalue weighted by Crippen LogP contribution is 2.33. The number of ether oxygens (including phenoxy) is 1. The molecular formula is C21H19BrN2O3. The molecule has 5 nitrogen and oxygen atoms in total. The predicted octanol–water partition coefficient (Wildman–Crippen LogP) is 3.82. The van der Waals surface area contributed by atoms with E-state index in [2.05, 4.69) is 28.2 Å². The molecule has 6 heteroatoms. The van der Waals surface area contributed by atoms with E-state index in [1.807, 2.05) is 34.9 Å². The van der Waals surface area contributed by atoms with Crippen molar-refractivity contribution < 1.29 is 9.53 Å². The van der Waals surface area contributed by atoms with Crippen LogP contribution in [0.15, 0.2) is 51.9 Å². The summed E-state index contributed by atoms with van der Waals surface area (Å²) >= 11 is 3.48. The van der Waals surface area contributed by atoms with Crippen LogP contribution in [0.2, 0.25) is 0 Å². The second-order valence-electron chi connectivity index (χ2n) is 6.82. The van der Waals surface area contributed by atoms with Gasteiger partial charge in [-0.1, -0.05) is 28.1 Å². The van der Waals surface area contributed by atoms with Gasteiger partial charge < -0.3 is 14.6 Å². The summed E-state index contributed by atoms with van der Waals surface area (Å²) in [6, 6.07) is 11.5. The van der Waals surface area contributed by atoms with Crippen LogP contribution in [0.1, 0.15) is 34.5 Å². The first-order valence-electron chi connectivity index (χ1n) is 8.76. The number of aromatic nitrogens is 1. The Balaban J connectivity index is 1.66. The van der Waals surface area contributed by atoms with Crippen molar-refractivity contribution in [2.45, 2.75) is 25.9 Å². The van der Waals surface area contributed by atoms with Gasteiger partial charge in [0.25, 0.3) is 5.91 Å². The maximum Gasteiger partial charge on any atom is 0.257 e. The van der Waals surface area contributed by atoms with Crippen LogP contribution in [-0.2, 0) is 13.0 Å². The lowest BCUT2D eigenvalue weighted by Gasteiger charge is -2.13. The minimum atomic E-state index is -0.359. The fourth-order valence-corrected chi connectivity index (χ4v) is 4.15. The summed E-state index contributed by atoms with van der Waals surface area (Å²) in [4.78, 5) is 25.7. The number of nitrogens with one attached hydrogen (secondary N) is 1. The quantitative estimate of drug-likeness (QED) is 0.689. The van der Waals surface area contributed by atoms with Gasteiger partial charge in [-0.05, 0) is 48.7 Å². The van der Waals surface area contributed by atoms with Crippen molar-refractivity contribution in [3.05, 3.63) is 74.0 Å². The molecule has 0 saturated carbocycles. The zero-order valence-electron chi connectivity index (χ0n) is 15.1. The minimum Gasteiger partial charge on any atom is -0.497 e. The van der Waals surface area contributed by atoms with E-state index < -0.39 is 0 Å². The largest absolute Gasteiger partial charge is 0.497 e. The molecular weight excluding hydrogens is 408 g/mol. The molecule has 138 valence electrons. The summed E-state index contributed by atoms with van der Waals surface area (Å²) in [7, 11) is 1.61. The molecule has 0 unspecified atom stereocenters. The SMILES string of the molecule is COc1ccc(CNC(=O)c2cn3c4c(cc(Br)cc4c2=O)C[C@H]3C)cc1. The number of carbonyl (C=O) groups excluding carboxylic acids is 1. The topological polar surface area (TPSA) is 60.3 Å². The molecule has 1 aliphatic heterocycles. The molecule has 0 bridgehead atoms. The van der Waals surface area contributed by atoms with Crippen LogP contribution in [-0.4, -0.2) is 17.6 Å². The van der Waals surface area contributed by atoms with E-state index in [-0.39, 0.29) is 22.9 Å². The lowest BCUT2D eigenvalue weighted by Crippen LogP contribution is -2.29. The van der Waals surface area contributed by atoms with Crippen LogP contribution < -0.4 is 15.5 Å². The van der Waals surface area contributed by atoms with E-state index in [1.165, 1.54) is 0 Å². The Morgan fingerprint density at radius 3 is 2.74 bits per heavy atom. The highest BCUT2D eigenvalue weighted by atomic mass is 79.9. The number of halogens is 1. The van der Waals surface area contributed by atoms with Crippen molar-refractivity contribution in [3.63, 3.8) is 0 Å². The van der Waals surface area contributed by atoms with Crippen molar-refractivity contribution in [1.82, 2.24) is 9.88 Å². The van der Waals surface area contributed by atoms with Gasteiger partial charge >= 0.3 is 0 Å². The van der Waals surface area contributed by atoms with Gasteiger partial charge in [-0.25, -0.2) is 0 Å². The predicted molar refractivity (Wildman–Crippen MR) is 108 cm³/mol. The van der Waals surface area contributed by atoms with E-state index in [0.29, 0.717) is 11.9 Å². The Morgan fingerprint density at radius 2 is 2.04 bits per heavy atom. The molecule has 1 N–H and O–H groups in total. The van der Waals surface area contributed by atoms with Gasteiger partial charge in [-0.3, -0.25) is 9.59 Å². The summed E-state index contributed by atoms with van der Waals surface area (Å²) in [6.07, 6.45) is 2.55. The third-order valence-electron chi connectivity index (χ3n) is 5.02. The molecule has 0 saturated heterocycles. The van der Waals surface area contributed by atoms with Gasteiger partial charge in [0.05, 0.1) is 12.6 Å². The van der Waals surface area contributed by atoms with Crippen molar-refractivity contribution in [1.29, 1.82) is 0 Å². The van der Waals surface area contributed by atoms with E-state index in [0.717, 1.165) is 33.3 Å². The number of rotatable bonds is 4. The maximum atomic E-state index is 12.9. The highest BCUT2D eigenvalue weighted by molar-refractivity contribution is 9.10. The number of carbonyl (C=O) groups is 1. The molecule has 0 spiro atoms. The lowest BCUT2D eigenvalue weighted by atomic mass is 10.1. The van der Waals surface area contributed by atoms with Gasteiger partial charge in [0.15, 0.2) is 0 Å². The summed E-state index contributed by atoms with van der Waals surface area (Å²) in [5.74, 6) is 0.401. The first-order chi connectivity index (χ1) is 13.0. The van der Waals surface area contributed by atoms with Crippen molar-refractivity contribution in [2.75, 3.05) is 7.11 Å². The molecule has 3 aromatic rings. The zero-order chi connectivity index (χ0) is 19.1. The molecule has 1 aromatic heterocycles. The third kappa shape index (κ3) is 3.14. The molecule has 27 heavy (non-hydrogen) atoms. The Bertz CT molecular complexity index is 1100. The van der Waals surface area contributed by atoms with Crippen molar-refractivity contribution in [3.8, 4) is 5.75 Å². The Hall–Kier alpha value is -2.60. The molecule has 4 rings (SSSR count). The molecule has 0 aliphatic carbocycles. The second-order valence-corrected chi connectivity index (χ2v) is 7.74. The fraction of sp³-hybridized carbons (Fsp3) is 0.238. The number of pyridine rings is 1. The Morgan fingerprint density at radius 1 is 1.30 bits per heavy atom. The number of amides is 1. The van der Waals surface area contributed by atoms with Crippen LogP contribution in [0.3, 0.4) is 0 Å². The van der Waals surface area contributed by atoms with Crippen LogP contribution in [0.25, 0.3) is 10.9 Å². The molecule has 1 atom stereocenters. The van der Waals surface area contributed by atoms with E-state index in [9.17, 15) is 9.59 Å². The first kappa shape index (κ1) is 17.8. The normalized spacial score (nSPS) is 15.1. The van der Waals surface area contributed by atoms with Gasteiger partial charge in [-0.15, -0.1) is 0 Å². The van der Waals surface area contributed by atoms with Crippen LogP contribution >= 0.6 is 15.9 Å². The van der Waals surface area contributed by atoms with Gasteiger partial charge in [-0.2, -0.15) is 0 Å². The summed E-state index contributed by atoms with van der Waals surface area (Å²) < 4.78 is 8.04. The number of hydrogen-bond acceptors (Lipinski definition) is 3. The highest BCUT2D eigenvalue weighted by Gasteiger charge is 2.25. The molecule has 0 radical (unpaired) electrons. The van der Waals surface area contributed by atoms with Gasteiger partial charge in [0, 0.05) is 28.6 Å². The van der Waals surface area contributed by atoms with E-state index in [1.54, 1.807) is 19.4 Å². The van der Waals surface area contributed by atoms with Gasteiger partial charge in [0.1, 0.15) is 11.3 Å². The second kappa shape index (κ2) is 6.85. The smallest absolute Gasteiger partial charge is 0.257 e. The average Bonchev–Trinajstić information content (AvgIpc) is 2.98. The number of hydrogen-bond donors (Lipinski definition) is 1. The Kier molecular flexibility index (Phi) is 4.52. The fourth-order valence-electron chi connectivity index (χ4n) is 3.64. The summed E-state index contributed by atoms with van der Waals surface area (Å²) in [6.45, 7) is 2.44. The zero-order valence-corrected chi connectivity index (χ0v) is 16.7. The van der Waals surface area contributed by atoms with Crippen LogP contribution in [0, 0.1) is 0 Å². The number of nitrogens with zero attached hydrogens (tertiary/aromatic N) is 1. The van der Waals surface area contributed by atoms with Crippen LogP contribution in [0.4, 0.5) is 0 Å². The minimum absolute atomic E-state index is 0.175. The third-order valence-corrected chi connectivity index (χ3v) is 5.47. The van der Waals surface area contributed by atoms with E-state index >= 15 is 0 Å². The van der Waals surface area contributed by atoms with Crippen molar-refractivity contribution >= 4 is 32.7 Å². The van der Waals surface area contributed by atoms with Crippen LogP contribution in [0.5, 0.6) is 5.75 Å². The number of benzene rings is 2. The molecule has 0 fully saturated rings. The lowest BCUT2D eigenvalue weighted by molar-refractivity contribution is 0.0949. The van der Waals surface area contributed by atoms with Gasteiger partial charge in [0.2, 0.25) is 5.43 Å². The molecule has 2 heterocycles. The molecule has 1 amide bonds.